The van der Waals surface area contributed by atoms with Crippen LogP contribution in [-0.4, -0.2) is 30.4 Å². The average molecular weight is 418 g/mol. The first-order valence-electron chi connectivity index (χ1n) is 9.69. The van der Waals surface area contributed by atoms with Gasteiger partial charge in [0.15, 0.2) is 0 Å². The normalized spacial score (nSPS) is 15.8. The van der Waals surface area contributed by atoms with Crippen LogP contribution in [0, 0.1) is 5.41 Å². The zero-order valence-electron chi connectivity index (χ0n) is 17.0. The Kier molecular flexibility index (Phi) is 12.2. The molecule has 0 aromatic heterocycles. The summed E-state index contributed by atoms with van der Waals surface area (Å²) in [5, 5.41) is 3.10. The molecule has 0 radical (unpaired) electrons. The number of rotatable bonds is 8. The minimum Gasteiger partial charge on any atom is -0.352 e. The lowest BCUT2D eigenvalue weighted by Crippen LogP contribution is -2.38. The van der Waals surface area contributed by atoms with Gasteiger partial charge in [-0.3, -0.25) is 9.69 Å². The van der Waals surface area contributed by atoms with Crippen LogP contribution in [0.4, 0.5) is 0 Å². The maximum atomic E-state index is 12.4. The molecular weight excluding hydrogens is 381 g/mol. The molecule has 1 saturated carbocycles. The van der Waals surface area contributed by atoms with Crippen LogP contribution in [0.1, 0.15) is 63.5 Å². The third kappa shape index (κ3) is 8.39. The Morgan fingerprint density at radius 1 is 1.19 bits per heavy atom. The van der Waals surface area contributed by atoms with Gasteiger partial charge in [-0.25, -0.2) is 0 Å². The van der Waals surface area contributed by atoms with E-state index in [1.54, 1.807) is 0 Å². The van der Waals surface area contributed by atoms with E-state index in [4.69, 9.17) is 5.73 Å². The first kappa shape index (κ1) is 26.2. The summed E-state index contributed by atoms with van der Waals surface area (Å²) in [6.07, 6.45) is 6.44. The van der Waals surface area contributed by atoms with Crippen molar-refractivity contribution in [1.82, 2.24) is 10.2 Å². The molecule has 4 nitrogen and oxygen atoms in total. The van der Waals surface area contributed by atoms with Crippen molar-refractivity contribution in [3.05, 3.63) is 35.4 Å². The Labute approximate surface area is 177 Å². The van der Waals surface area contributed by atoms with E-state index in [9.17, 15) is 4.79 Å². The first-order chi connectivity index (χ1) is 11.9. The number of amides is 1. The fourth-order valence-electron chi connectivity index (χ4n) is 3.67. The second-order valence-corrected chi connectivity index (χ2v) is 8.05. The van der Waals surface area contributed by atoms with E-state index in [1.807, 2.05) is 0 Å². The Morgan fingerprint density at radius 2 is 1.81 bits per heavy atom. The van der Waals surface area contributed by atoms with E-state index < -0.39 is 0 Å². The van der Waals surface area contributed by atoms with Crippen molar-refractivity contribution in [1.29, 1.82) is 0 Å². The van der Waals surface area contributed by atoms with Crippen LogP contribution < -0.4 is 11.1 Å². The number of carbonyl (C=O) groups excluding carboxylic acids is 1. The van der Waals surface area contributed by atoms with Crippen molar-refractivity contribution in [2.45, 2.75) is 71.5 Å². The van der Waals surface area contributed by atoms with Gasteiger partial charge >= 0.3 is 0 Å². The number of nitrogens with one attached hydrogen (secondary N) is 1. The molecule has 1 aliphatic carbocycles. The lowest BCUT2D eigenvalue weighted by molar-refractivity contribution is -0.124. The standard InChI is InChI=1S/C21H35N3O.2ClH/c1-17(2)24(3)15-19-9-7-8-18(12-19)14-23-20(25)13-21(16-22)10-5-4-6-11-21;;/h7-9,12,17H,4-6,10-11,13-16,22H2,1-3H3,(H,23,25);2*1H. The highest BCUT2D eigenvalue weighted by molar-refractivity contribution is 5.85. The Hall–Kier alpha value is -0.810. The Bertz CT molecular complexity index is 560. The maximum Gasteiger partial charge on any atom is 0.220 e. The molecule has 6 heteroatoms. The van der Waals surface area contributed by atoms with Gasteiger partial charge in [0.05, 0.1) is 0 Å². The van der Waals surface area contributed by atoms with Gasteiger partial charge in [-0.05, 0) is 56.8 Å². The molecule has 1 aromatic rings. The molecule has 1 amide bonds. The molecule has 1 fully saturated rings. The van der Waals surface area contributed by atoms with Gasteiger partial charge in [0.1, 0.15) is 0 Å². The van der Waals surface area contributed by atoms with Crippen LogP contribution in [0.15, 0.2) is 24.3 Å². The molecule has 0 spiro atoms. The summed E-state index contributed by atoms with van der Waals surface area (Å²) in [6.45, 7) is 6.54. The minimum absolute atomic E-state index is 0. The molecule has 0 saturated heterocycles. The molecular formula is C21H37Cl2N3O. The molecule has 156 valence electrons. The van der Waals surface area contributed by atoms with Crippen molar-refractivity contribution in [3.8, 4) is 0 Å². The predicted octanol–water partition coefficient (Wildman–Crippen LogP) is 4.29. The Balaban J connectivity index is 0.00000338. The quantitative estimate of drug-likeness (QED) is 0.662. The second kappa shape index (κ2) is 12.6. The number of benzene rings is 1. The van der Waals surface area contributed by atoms with Crippen LogP contribution >= 0.6 is 24.8 Å². The molecule has 0 heterocycles. The second-order valence-electron chi connectivity index (χ2n) is 8.05. The van der Waals surface area contributed by atoms with Crippen LogP contribution in [0.25, 0.3) is 0 Å². The van der Waals surface area contributed by atoms with Crippen LogP contribution in [0.3, 0.4) is 0 Å². The topological polar surface area (TPSA) is 58.4 Å². The lowest BCUT2D eigenvalue weighted by atomic mass is 9.71. The molecule has 2 rings (SSSR count). The number of carbonyl (C=O) groups is 1. The van der Waals surface area contributed by atoms with E-state index >= 15 is 0 Å². The summed E-state index contributed by atoms with van der Waals surface area (Å²) >= 11 is 0. The minimum atomic E-state index is 0. The zero-order valence-corrected chi connectivity index (χ0v) is 18.6. The molecule has 3 N–H and O–H groups in total. The van der Waals surface area contributed by atoms with Gasteiger partial charge < -0.3 is 11.1 Å². The number of hydrogen-bond donors (Lipinski definition) is 2. The monoisotopic (exact) mass is 417 g/mol. The zero-order chi connectivity index (χ0) is 18.3. The summed E-state index contributed by atoms with van der Waals surface area (Å²) in [7, 11) is 2.13. The molecule has 0 bridgehead atoms. The summed E-state index contributed by atoms with van der Waals surface area (Å²) in [4.78, 5) is 14.7. The molecule has 27 heavy (non-hydrogen) atoms. The smallest absolute Gasteiger partial charge is 0.220 e. The fraction of sp³-hybridized carbons (Fsp3) is 0.667. The highest BCUT2D eigenvalue weighted by atomic mass is 35.5. The summed E-state index contributed by atoms with van der Waals surface area (Å²) in [6, 6.07) is 9.02. The van der Waals surface area contributed by atoms with Gasteiger partial charge in [0, 0.05) is 25.6 Å². The third-order valence-electron chi connectivity index (χ3n) is 5.68. The summed E-state index contributed by atoms with van der Waals surface area (Å²) < 4.78 is 0. The van der Waals surface area contributed by atoms with E-state index in [0.29, 0.717) is 25.6 Å². The van der Waals surface area contributed by atoms with Crippen molar-refractivity contribution < 1.29 is 4.79 Å². The van der Waals surface area contributed by atoms with E-state index in [-0.39, 0.29) is 36.1 Å². The molecule has 0 atom stereocenters. The Morgan fingerprint density at radius 3 is 2.41 bits per heavy atom. The van der Waals surface area contributed by atoms with Gasteiger partial charge in [-0.15, -0.1) is 24.8 Å². The molecule has 0 aliphatic heterocycles. The number of hydrogen-bond acceptors (Lipinski definition) is 3. The fourth-order valence-corrected chi connectivity index (χ4v) is 3.67. The largest absolute Gasteiger partial charge is 0.352 e. The summed E-state index contributed by atoms with van der Waals surface area (Å²) in [5.41, 5.74) is 8.48. The van der Waals surface area contributed by atoms with Gasteiger partial charge in [0.2, 0.25) is 5.91 Å². The van der Waals surface area contributed by atoms with Crippen molar-refractivity contribution >= 4 is 30.7 Å². The van der Waals surface area contributed by atoms with Crippen molar-refractivity contribution in [3.63, 3.8) is 0 Å². The third-order valence-corrected chi connectivity index (χ3v) is 5.68. The van der Waals surface area contributed by atoms with Gasteiger partial charge in [-0.2, -0.15) is 0 Å². The van der Waals surface area contributed by atoms with E-state index in [2.05, 4.69) is 55.4 Å². The number of nitrogens with two attached hydrogens (primary N) is 1. The number of nitrogens with zero attached hydrogens (tertiary/aromatic N) is 1. The SMILES string of the molecule is CC(C)N(C)Cc1cccc(CNC(=O)CC2(CN)CCCCC2)c1.Cl.Cl. The molecule has 0 unspecified atom stereocenters. The van der Waals surface area contributed by atoms with Gasteiger partial charge in [0.25, 0.3) is 0 Å². The molecule has 1 aliphatic rings. The lowest BCUT2D eigenvalue weighted by Gasteiger charge is -2.35. The van der Waals surface area contributed by atoms with E-state index in [0.717, 1.165) is 24.9 Å². The van der Waals surface area contributed by atoms with Gasteiger partial charge in [-0.1, -0.05) is 43.5 Å². The number of halogens is 2. The maximum absolute atomic E-state index is 12.4. The summed E-state index contributed by atoms with van der Waals surface area (Å²) in [5.74, 6) is 0.136. The van der Waals surface area contributed by atoms with E-state index in [1.165, 1.54) is 24.8 Å². The van der Waals surface area contributed by atoms with Crippen molar-refractivity contribution in [2.75, 3.05) is 13.6 Å². The highest BCUT2D eigenvalue weighted by Crippen LogP contribution is 2.38. The predicted molar refractivity (Wildman–Crippen MR) is 119 cm³/mol. The van der Waals surface area contributed by atoms with Crippen LogP contribution in [0.5, 0.6) is 0 Å². The van der Waals surface area contributed by atoms with Crippen molar-refractivity contribution in [2.24, 2.45) is 11.1 Å². The molecule has 1 aromatic carbocycles. The van der Waals surface area contributed by atoms with Crippen LogP contribution in [0.2, 0.25) is 0 Å². The van der Waals surface area contributed by atoms with Crippen LogP contribution in [-0.2, 0) is 17.9 Å². The highest BCUT2D eigenvalue weighted by Gasteiger charge is 2.32. The first-order valence-corrected chi connectivity index (χ1v) is 9.69. The average Bonchev–Trinajstić information content (AvgIpc) is 2.61.